The van der Waals surface area contributed by atoms with Crippen molar-refractivity contribution in [2.75, 3.05) is 5.32 Å². The summed E-state index contributed by atoms with van der Waals surface area (Å²) in [7, 11) is 0. The second-order valence-corrected chi connectivity index (χ2v) is 5.60. The number of anilines is 1. The molecule has 0 aliphatic rings. The number of hydrogen-bond acceptors (Lipinski definition) is 3. The number of aromatic amines is 2. The molecule has 1 heterocycles. The number of carbonyl (C=O) groups excluding carboxylic acids is 1. The molecule has 0 bridgehead atoms. The van der Waals surface area contributed by atoms with Gasteiger partial charge in [-0.05, 0) is 48.6 Å². The number of rotatable bonds is 2. The van der Waals surface area contributed by atoms with Gasteiger partial charge in [0.1, 0.15) is 0 Å². The number of fused-ring (bicyclic) bond motifs is 1. The van der Waals surface area contributed by atoms with E-state index in [0.717, 1.165) is 0 Å². The van der Waals surface area contributed by atoms with Gasteiger partial charge in [-0.15, -0.1) is 0 Å². The molecule has 116 valence electrons. The number of amides is 1. The fourth-order valence-corrected chi connectivity index (χ4v) is 2.48. The highest BCUT2D eigenvalue weighted by Crippen LogP contribution is 2.14. The maximum atomic E-state index is 12.1. The van der Waals surface area contributed by atoms with Gasteiger partial charge in [-0.1, -0.05) is 17.7 Å². The molecule has 6 nitrogen and oxygen atoms in total. The maximum Gasteiger partial charge on any atom is 0.323 e. The summed E-state index contributed by atoms with van der Waals surface area (Å²) in [6.45, 7) is 0. The molecule has 0 saturated carbocycles. The second-order valence-electron chi connectivity index (χ2n) is 4.76. The number of benzene rings is 2. The Morgan fingerprint density at radius 3 is 2.65 bits per heavy atom. The van der Waals surface area contributed by atoms with Gasteiger partial charge >= 0.3 is 5.69 Å². The summed E-state index contributed by atoms with van der Waals surface area (Å²) in [5.41, 5.74) is 2.10. The number of thiocarbonyl (C=S) groups is 1. The quantitative estimate of drug-likeness (QED) is 0.537. The van der Waals surface area contributed by atoms with Crippen LogP contribution in [0.1, 0.15) is 10.4 Å². The number of hydrogen-bond donors (Lipinski definition) is 4. The zero-order valence-corrected chi connectivity index (χ0v) is 13.2. The van der Waals surface area contributed by atoms with Crippen molar-refractivity contribution in [3.8, 4) is 0 Å². The van der Waals surface area contributed by atoms with Crippen molar-refractivity contribution in [2.45, 2.75) is 0 Å². The van der Waals surface area contributed by atoms with Gasteiger partial charge in [-0.25, -0.2) is 4.79 Å². The van der Waals surface area contributed by atoms with E-state index in [2.05, 4.69) is 20.6 Å². The normalized spacial score (nSPS) is 10.5. The van der Waals surface area contributed by atoms with Crippen LogP contribution in [0.4, 0.5) is 5.69 Å². The van der Waals surface area contributed by atoms with Gasteiger partial charge in [-0.2, -0.15) is 0 Å². The van der Waals surface area contributed by atoms with Crippen molar-refractivity contribution >= 4 is 51.6 Å². The van der Waals surface area contributed by atoms with Crippen LogP contribution in [0.2, 0.25) is 5.02 Å². The van der Waals surface area contributed by atoms with Crippen LogP contribution in [-0.4, -0.2) is 21.0 Å². The molecule has 8 heteroatoms. The zero-order valence-electron chi connectivity index (χ0n) is 11.6. The van der Waals surface area contributed by atoms with Gasteiger partial charge in [0, 0.05) is 16.3 Å². The van der Waals surface area contributed by atoms with E-state index in [4.69, 9.17) is 23.8 Å². The van der Waals surface area contributed by atoms with Crippen LogP contribution in [0.25, 0.3) is 11.0 Å². The lowest BCUT2D eigenvalue weighted by Crippen LogP contribution is -2.34. The summed E-state index contributed by atoms with van der Waals surface area (Å²) < 4.78 is 0. The molecule has 3 aromatic rings. The topological polar surface area (TPSA) is 89.8 Å². The van der Waals surface area contributed by atoms with E-state index < -0.39 is 0 Å². The van der Waals surface area contributed by atoms with E-state index in [1.54, 1.807) is 42.5 Å². The van der Waals surface area contributed by atoms with Crippen LogP contribution in [0.15, 0.2) is 47.3 Å². The predicted molar refractivity (Wildman–Crippen MR) is 94.1 cm³/mol. The number of carbonyl (C=O) groups is 1. The summed E-state index contributed by atoms with van der Waals surface area (Å²) in [4.78, 5) is 28.6. The Kier molecular flexibility index (Phi) is 4.14. The Balaban J connectivity index is 1.70. The molecule has 0 aliphatic carbocycles. The Hall–Kier alpha value is -2.64. The average Bonchev–Trinajstić information content (AvgIpc) is 2.86. The summed E-state index contributed by atoms with van der Waals surface area (Å²) in [6.07, 6.45) is 0. The highest BCUT2D eigenvalue weighted by atomic mass is 35.5. The number of nitrogens with one attached hydrogen (secondary N) is 4. The molecular formula is C15H11ClN4O2S. The molecule has 1 amide bonds. The summed E-state index contributed by atoms with van der Waals surface area (Å²) in [5, 5.41) is 6.07. The first kappa shape index (κ1) is 15.3. The van der Waals surface area contributed by atoms with Crippen LogP contribution in [0.3, 0.4) is 0 Å². The largest absolute Gasteiger partial charge is 0.332 e. The molecule has 2 aromatic carbocycles. The molecule has 0 radical (unpaired) electrons. The van der Waals surface area contributed by atoms with E-state index >= 15 is 0 Å². The molecule has 0 saturated heterocycles. The van der Waals surface area contributed by atoms with Crippen molar-refractivity contribution in [2.24, 2.45) is 0 Å². The lowest BCUT2D eigenvalue weighted by Gasteiger charge is -2.09. The molecule has 3 rings (SSSR count). The molecule has 0 spiro atoms. The minimum Gasteiger partial charge on any atom is -0.332 e. The lowest BCUT2D eigenvalue weighted by atomic mass is 10.2. The first-order valence-electron chi connectivity index (χ1n) is 6.61. The molecule has 4 N–H and O–H groups in total. The third kappa shape index (κ3) is 3.58. The summed E-state index contributed by atoms with van der Waals surface area (Å²) in [6, 6.07) is 11.7. The van der Waals surface area contributed by atoms with Crippen molar-refractivity contribution in [1.82, 2.24) is 15.3 Å². The minimum atomic E-state index is -0.360. The van der Waals surface area contributed by atoms with Crippen molar-refractivity contribution < 1.29 is 4.79 Å². The third-order valence-corrected chi connectivity index (χ3v) is 3.53. The van der Waals surface area contributed by atoms with Crippen LogP contribution in [0, 0.1) is 0 Å². The van der Waals surface area contributed by atoms with E-state index in [-0.39, 0.29) is 16.7 Å². The summed E-state index contributed by atoms with van der Waals surface area (Å²) in [5.74, 6) is -0.360. The summed E-state index contributed by atoms with van der Waals surface area (Å²) >= 11 is 11.0. The molecule has 0 unspecified atom stereocenters. The molecule has 0 atom stereocenters. The number of H-pyrrole nitrogens is 2. The predicted octanol–water partition coefficient (Wildman–Crippen LogP) is 2.64. The monoisotopic (exact) mass is 346 g/mol. The third-order valence-electron chi connectivity index (χ3n) is 3.09. The molecule has 23 heavy (non-hydrogen) atoms. The van der Waals surface area contributed by atoms with Gasteiger partial charge in [-0.3, -0.25) is 10.1 Å². The van der Waals surface area contributed by atoms with Crippen LogP contribution in [-0.2, 0) is 0 Å². The van der Waals surface area contributed by atoms with Crippen molar-refractivity contribution in [1.29, 1.82) is 0 Å². The van der Waals surface area contributed by atoms with E-state index in [9.17, 15) is 9.59 Å². The second kappa shape index (κ2) is 6.23. The Labute approximate surface area is 140 Å². The van der Waals surface area contributed by atoms with Gasteiger partial charge in [0.05, 0.1) is 11.0 Å². The fourth-order valence-electron chi connectivity index (χ4n) is 2.08. The average molecular weight is 347 g/mol. The molecular weight excluding hydrogens is 336 g/mol. The minimum absolute atomic E-state index is 0.146. The Bertz CT molecular complexity index is 963. The first-order valence-corrected chi connectivity index (χ1v) is 7.40. The number of halogens is 1. The SMILES string of the molecule is O=C(NC(=S)Nc1ccc2[nH]c(=O)[nH]c2c1)c1cccc(Cl)c1. The highest BCUT2D eigenvalue weighted by molar-refractivity contribution is 7.80. The van der Waals surface area contributed by atoms with Gasteiger partial charge < -0.3 is 15.3 Å². The van der Waals surface area contributed by atoms with Crippen molar-refractivity contribution in [3.63, 3.8) is 0 Å². The van der Waals surface area contributed by atoms with Gasteiger partial charge in [0.2, 0.25) is 0 Å². The van der Waals surface area contributed by atoms with Gasteiger partial charge in [0.25, 0.3) is 5.91 Å². The van der Waals surface area contributed by atoms with Gasteiger partial charge in [0.15, 0.2) is 5.11 Å². The standard InChI is InChI=1S/C15H11ClN4O2S/c16-9-3-1-2-8(6-9)13(21)20-15(23)17-10-4-5-11-12(7-10)19-14(22)18-11/h1-7H,(H2,18,19,22)(H2,17,20,21,23). The Morgan fingerprint density at radius 2 is 1.87 bits per heavy atom. The van der Waals surface area contributed by atoms with E-state index in [0.29, 0.717) is 27.3 Å². The van der Waals surface area contributed by atoms with Crippen LogP contribution in [0.5, 0.6) is 0 Å². The fraction of sp³-hybridized carbons (Fsp3) is 0. The first-order chi connectivity index (χ1) is 11.0. The lowest BCUT2D eigenvalue weighted by molar-refractivity contribution is 0.0977. The molecule has 0 fully saturated rings. The van der Waals surface area contributed by atoms with Crippen LogP contribution >= 0.6 is 23.8 Å². The maximum absolute atomic E-state index is 12.1. The zero-order chi connectivity index (χ0) is 16.4. The van der Waals surface area contributed by atoms with Crippen molar-refractivity contribution in [3.05, 3.63) is 63.5 Å². The highest BCUT2D eigenvalue weighted by Gasteiger charge is 2.09. The molecule has 1 aromatic heterocycles. The smallest absolute Gasteiger partial charge is 0.323 e. The van der Waals surface area contributed by atoms with E-state index in [1.807, 2.05) is 0 Å². The van der Waals surface area contributed by atoms with Crippen LogP contribution < -0.4 is 16.3 Å². The number of aromatic nitrogens is 2. The van der Waals surface area contributed by atoms with E-state index in [1.165, 1.54) is 0 Å². The molecule has 0 aliphatic heterocycles. The number of imidazole rings is 1. The Morgan fingerprint density at radius 1 is 1.09 bits per heavy atom.